The van der Waals surface area contributed by atoms with Gasteiger partial charge in [-0.2, -0.15) is 0 Å². The van der Waals surface area contributed by atoms with Crippen LogP contribution in [-0.2, 0) is 16.1 Å². The summed E-state index contributed by atoms with van der Waals surface area (Å²) in [6, 6.07) is 14.6. The molecular weight excluding hydrogens is 408 g/mol. The maximum absolute atomic E-state index is 13.0. The molecule has 0 spiro atoms. The fourth-order valence-electron chi connectivity index (χ4n) is 2.98. The van der Waals surface area contributed by atoms with Gasteiger partial charge in [0.25, 0.3) is 0 Å². The van der Waals surface area contributed by atoms with Crippen LogP contribution in [0.2, 0.25) is 5.02 Å². The summed E-state index contributed by atoms with van der Waals surface area (Å²) >= 11 is 7.51. The highest BCUT2D eigenvalue weighted by Crippen LogP contribution is 2.23. The van der Waals surface area contributed by atoms with Gasteiger partial charge < -0.3 is 15.0 Å². The summed E-state index contributed by atoms with van der Waals surface area (Å²) in [7, 11) is 3.20. The average molecular weight is 435 g/mol. The van der Waals surface area contributed by atoms with Crippen LogP contribution in [0.15, 0.2) is 53.4 Å². The Bertz CT molecular complexity index is 814. The molecule has 0 radical (unpaired) electrons. The van der Waals surface area contributed by atoms with E-state index in [4.69, 9.17) is 16.3 Å². The van der Waals surface area contributed by atoms with E-state index in [9.17, 15) is 9.59 Å². The van der Waals surface area contributed by atoms with Crippen molar-refractivity contribution >= 4 is 35.2 Å². The first-order valence-corrected chi connectivity index (χ1v) is 10.9. The molecule has 1 N–H and O–H groups in total. The average Bonchev–Trinajstić information content (AvgIpc) is 2.74. The number of ether oxygens (including phenoxy) is 1. The Morgan fingerprint density at radius 2 is 1.93 bits per heavy atom. The minimum absolute atomic E-state index is 0.0512. The number of methoxy groups -OCH3 is 1. The Kier molecular flexibility index (Phi) is 9.35. The van der Waals surface area contributed by atoms with Crippen molar-refractivity contribution in [3.05, 3.63) is 59.1 Å². The Hall–Kier alpha value is -2.18. The van der Waals surface area contributed by atoms with Crippen molar-refractivity contribution < 1.29 is 14.3 Å². The fourth-order valence-corrected chi connectivity index (χ4v) is 3.95. The Balaban J connectivity index is 2.10. The maximum Gasteiger partial charge on any atom is 0.242 e. The van der Waals surface area contributed by atoms with Crippen LogP contribution in [0.4, 0.5) is 0 Å². The molecule has 1 atom stereocenters. The molecule has 2 rings (SSSR count). The second kappa shape index (κ2) is 11.7. The van der Waals surface area contributed by atoms with E-state index in [-0.39, 0.29) is 11.8 Å². The fraction of sp³-hybridized carbons (Fsp3) is 0.364. The highest BCUT2D eigenvalue weighted by atomic mass is 35.5. The van der Waals surface area contributed by atoms with E-state index >= 15 is 0 Å². The Labute approximate surface area is 181 Å². The van der Waals surface area contributed by atoms with Crippen LogP contribution in [-0.4, -0.2) is 42.7 Å². The van der Waals surface area contributed by atoms with Crippen LogP contribution in [0.5, 0.6) is 5.75 Å². The zero-order valence-electron chi connectivity index (χ0n) is 17.0. The molecule has 2 amide bonds. The highest BCUT2D eigenvalue weighted by Gasteiger charge is 2.27. The van der Waals surface area contributed by atoms with Crippen molar-refractivity contribution in [2.75, 3.05) is 19.9 Å². The first-order chi connectivity index (χ1) is 14.0. The number of nitrogens with one attached hydrogen (secondary N) is 1. The van der Waals surface area contributed by atoms with Crippen LogP contribution < -0.4 is 10.1 Å². The lowest BCUT2D eigenvalue weighted by Crippen LogP contribution is -2.48. The van der Waals surface area contributed by atoms with Gasteiger partial charge in [0.05, 0.1) is 7.11 Å². The lowest BCUT2D eigenvalue weighted by atomic mass is 10.1. The molecule has 0 fully saturated rings. The van der Waals surface area contributed by atoms with Gasteiger partial charge in [-0.25, -0.2) is 0 Å². The SMILES string of the molecule is CCC(C(=O)NC)N(Cc1cccc(OC)c1)C(=O)CCSc1ccc(Cl)cc1. The van der Waals surface area contributed by atoms with Crippen LogP contribution in [0.3, 0.4) is 0 Å². The summed E-state index contributed by atoms with van der Waals surface area (Å²) < 4.78 is 5.28. The zero-order valence-corrected chi connectivity index (χ0v) is 18.6. The maximum atomic E-state index is 13.0. The summed E-state index contributed by atoms with van der Waals surface area (Å²) in [5.74, 6) is 1.14. The largest absolute Gasteiger partial charge is 0.497 e. The number of amides is 2. The second-order valence-corrected chi connectivity index (χ2v) is 8.07. The van der Waals surface area contributed by atoms with Crippen LogP contribution >= 0.6 is 23.4 Å². The predicted molar refractivity (Wildman–Crippen MR) is 118 cm³/mol. The molecule has 0 saturated carbocycles. The molecule has 0 aliphatic heterocycles. The van der Waals surface area contributed by atoms with E-state index in [1.807, 2.05) is 55.5 Å². The number of thioether (sulfide) groups is 1. The topological polar surface area (TPSA) is 58.6 Å². The number of halogens is 1. The monoisotopic (exact) mass is 434 g/mol. The van der Waals surface area contributed by atoms with Crippen LogP contribution in [0.1, 0.15) is 25.3 Å². The number of carbonyl (C=O) groups is 2. The molecule has 2 aromatic carbocycles. The lowest BCUT2D eigenvalue weighted by molar-refractivity contribution is -0.140. The third kappa shape index (κ3) is 6.98. The first kappa shape index (κ1) is 23.1. The van der Waals surface area contributed by atoms with E-state index in [1.54, 1.807) is 30.8 Å². The molecule has 0 aromatic heterocycles. The minimum atomic E-state index is -0.515. The number of hydrogen-bond acceptors (Lipinski definition) is 4. The summed E-state index contributed by atoms with van der Waals surface area (Å²) in [6.45, 7) is 2.27. The van der Waals surface area contributed by atoms with Gasteiger partial charge in [0.1, 0.15) is 11.8 Å². The second-order valence-electron chi connectivity index (χ2n) is 6.46. The van der Waals surface area contributed by atoms with Gasteiger partial charge in [-0.05, 0) is 48.4 Å². The number of likely N-dealkylation sites (N-methyl/N-ethyl adjacent to an activating group) is 1. The van der Waals surface area contributed by atoms with E-state index in [0.29, 0.717) is 30.2 Å². The van der Waals surface area contributed by atoms with Gasteiger partial charge in [-0.15, -0.1) is 11.8 Å². The highest BCUT2D eigenvalue weighted by molar-refractivity contribution is 7.99. The lowest BCUT2D eigenvalue weighted by Gasteiger charge is -2.30. The molecule has 7 heteroatoms. The van der Waals surface area contributed by atoms with E-state index in [1.165, 1.54) is 0 Å². The summed E-state index contributed by atoms with van der Waals surface area (Å²) in [6.07, 6.45) is 0.879. The quantitative estimate of drug-likeness (QED) is 0.563. The summed E-state index contributed by atoms with van der Waals surface area (Å²) in [4.78, 5) is 28.1. The van der Waals surface area contributed by atoms with Gasteiger partial charge in [-0.3, -0.25) is 9.59 Å². The van der Waals surface area contributed by atoms with Crippen molar-refractivity contribution in [2.45, 2.75) is 37.2 Å². The van der Waals surface area contributed by atoms with Crippen molar-refractivity contribution in [3.8, 4) is 5.75 Å². The normalized spacial score (nSPS) is 11.6. The standard InChI is InChI=1S/C22H27ClN2O3S/c1-4-20(22(27)24-2)25(15-16-6-5-7-18(14-16)28-3)21(26)12-13-29-19-10-8-17(23)9-11-19/h5-11,14,20H,4,12-13,15H2,1-3H3,(H,24,27). The third-order valence-corrected chi connectivity index (χ3v) is 5.78. The van der Waals surface area contributed by atoms with Crippen molar-refractivity contribution in [3.63, 3.8) is 0 Å². The number of rotatable bonds is 10. The van der Waals surface area contributed by atoms with Gasteiger partial charge in [0, 0.05) is 35.7 Å². The van der Waals surface area contributed by atoms with E-state index in [2.05, 4.69) is 5.32 Å². The Morgan fingerprint density at radius 1 is 1.21 bits per heavy atom. The van der Waals surface area contributed by atoms with Crippen molar-refractivity contribution in [1.82, 2.24) is 10.2 Å². The van der Waals surface area contributed by atoms with Crippen LogP contribution in [0, 0.1) is 0 Å². The Morgan fingerprint density at radius 3 is 2.55 bits per heavy atom. The minimum Gasteiger partial charge on any atom is -0.497 e. The molecule has 5 nitrogen and oxygen atoms in total. The van der Waals surface area contributed by atoms with Gasteiger partial charge in [0.2, 0.25) is 11.8 Å². The first-order valence-electron chi connectivity index (χ1n) is 9.50. The van der Waals surface area contributed by atoms with Gasteiger partial charge in [-0.1, -0.05) is 30.7 Å². The van der Waals surface area contributed by atoms with Crippen molar-refractivity contribution in [2.24, 2.45) is 0 Å². The molecule has 156 valence electrons. The van der Waals surface area contributed by atoms with Crippen LogP contribution in [0.25, 0.3) is 0 Å². The third-order valence-electron chi connectivity index (χ3n) is 4.52. The predicted octanol–water partition coefficient (Wildman–Crippen LogP) is 4.38. The molecule has 0 aliphatic rings. The van der Waals surface area contributed by atoms with Gasteiger partial charge >= 0.3 is 0 Å². The molecule has 0 saturated heterocycles. The molecule has 2 aromatic rings. The number of benzene rings is 2. The number of nitrogens with zero attached hydrogens (tertiary/aromatic N) is 1. The molecule has 29 heavy (non-hydrogen) atoms. The zero-order chi connectivity index (χ0) is 21.2. The molecule has 0 heterocycles. The summed E-state index contributed by atoms with van der Waals surface area (Å²) in [5, 5.41) is 3.36. The number of hydrogen-bond donors (Lipinski definition) is 1. The smallest absolute Gasteiger partial charge is 0.242 e. The molecule has 1 unspecified atom stereocenters. The van der Waals surface area contributed by atoms with E-state index in [0.717, 1.165) is 16.2 Å². The van der Waals surface area contributed by atoms with Gasteiger partial charge in [0.15, 0.2) is 0 Å². The molecular formula is C22H27ClN2O3S. The summed E-state index contributed by atoms with van der Waals surface area (Å²) in [5.41, 5.74) is 0.922. The number of carbonyl (C=O) groups excluding carboxylic acids is 2. The van der Waals surface area contributed by atoms with Crippen molar-refractivity contribution in [1.29, 1.82) is 0 Å². The van der Waals surface area contributed by atoms with E-state index < -0.39 is 6.04 Å². The molecule has 0 bridgehead atoms. The molecule has 0 aliphatic carbocycles.